The Balaban J connectivity index is 2.84. The van der Waals surface area contributed by atoms with Crippen LogP contribution in [0.25, 0.3) is 0 Å². The molecular weight excluding hydrogens is 196 g/mol. The van der Waals surface area contributed by atoms with E-state index in [1.807, 2.05) is 13.0 Å². The van der Waals surface area contributed by atoms with Crippen LogP contribution in [0.1, 0.15) is 13.3 Å². The molecule has 0 unspecified atom stereocenters. The molecule has 0 aliphatic carbocycles. The zero-order chi connectivity index (χ0) is 11.4. The number of rotatable bonds is 2. The van der Waals surface area contributed by atoms with E-state index in [-0.39, 0.29) is 24.9 Å². The van der Waals surface area contributed by atoms with Gasteiger partial charge in [-0.3, -0.25) is 4.79 Å². The summed E-state index contributed by atoms with van der Waals surface area (Å²) < 4.78 is 9.45. The molecule has 1 saturated heterocycles. The molecule has 4 nitrogen and oxygen atoms in total. The zero-order valence-electron chi connectivity index (χ0n) is 8.91. The maximum Gasteiger partial charge on any atom is 0.333 e. The lowest BCUT2D eigenvalue weighted by molar-refractivity contribution is -0.146. The molecule has 0 bridgehead atoms. The van der Waals surface area contributed by atoms with Gasteiger partial charge >= 0.3 is 11.9 Å². The molecule has 0 spiro atoms. The number of cyclic esters (lactones) is 1. The number of carbonyl (C=O) groups excluding carboxylic acids is 2. The van der Waals surface area contributed by atoms with Crippen molar-refractivity contribution in [1.29, 1.82) is 0 Å². The van der Waals surface area contributed by atoms with Crippen LogP contribution in [-0.2, 0) is 19.1 Å². The van der Waals surface area contributed by atoms with Crippen molar-refractivity contribution in [3.63, 3.8) is 0 Å². The van der Waals surface area contributed by atoms with Crippen LogP contribution >= 0.6 is 0 Å². The predicted molar refractivity (Wildman–Crippen MR) is 54.0 cm³/mol. The van der Waals surface area contributed by atoms with E-state index in [4.69, 9.17) is 4.74 Å². The first-order chi connectivity index (χ1) is 7.10. The molecule has 0 aromatic rings. The minimum atomic E-state index is -0.478. The zero-order valence-corrected chi connectivity index (χ0v) is 8.91. The summed E-state index contributed by atoms with van der Waals surface area (Å²) in [6, 6.07) is 0. The van der Waals surface area contributed by atoms with Crippen molar-refractivity contribution in [3.05, 3.63) is 23.8 Å². The highest BCUT2D eigenvalue weighted by molar-refractivity contribution is 5.90. The fourth-order valence-corrected chi connectivity index (χ4v) is 1.53. The number of hydrogen-bond donors (Lipinski definition) is 0. The predicted octanol–water partition coefficient (Wildman–Crippen LogP) is 1.22. The molecule has 1 rings (SSSR count). The summed E-state index contributed by atoms with van der Waals surface area (Å²) in [4.78, 5) is 22.4. The molecule has 0 saturated carbocycles. The van der Waals surface area contributed by atoms with Crippen LogP contribution < -0.4 is 0 Å². The van der Waals surface area contributed by atoms with Gasteiger partial charge in [0.2, 0.25) is 0 Å². The summed E-state index contributed by atoms with van der Waals surface area (Å²) in [7, 11) is 1.30. The van der Waals surface area contributed by atoms with Gasteiger partial charge in [0.05, 0.1) is 13.5 Å². The number of carbonyl (C=O) groups is 2. The Kier molecular flexibility index (Phi) is 3.66. The number of hydrogen-bond acceptors (Lipinski definition) is 4. The quantitative estimate of drug-likeness (QED) is 0.390. The topological polar surface area (TPSA) is 52.6 Å². The third-order valence-electron chi connectivity index (χ3n) is 2.46. The van der Waals surface area contributed by atoms with E-state index >= 15 is 0 Å². The van der Waals surface area contributed by atoms with Gasteiger partial charge in [-0.1, -0.05) is 12.7 Å². The molecule has 4 heteroatoms. The Labute approximate surface area is 88.6 Å². The van der Waals surface area contributed by atoms with Crippen molar-refractivity contribution in [3.8, 4) is 0 Å². The Bertz CT molecular complexity index is 327. The van der Waals surface area contributed by atoms with Crippen LogP contribution in [0, 0.1) is 5.92 Å². The first-order valence-corrected chi connectivity index (χ1v) is 4.68. The normalized spacial score (nSPS) is 23.5. The lowest BCUT2D eigenvalue weighted by Crippen LogP contribution is -2.27. The van der Waals surface area contributed by atoms with Gasteiger partial charge in [-0.2, -0.15) is 0 Å². The van der Waals surface area contributed by atoms with E-state index < -0.39 is 5.97 Å². The molecular formula is C11H14O4. The van der Waals surface area contributed by atoms with E-state index in [2.05, 4.69) is 11.3 Å². The molecule has 0 radical (unpaired) electrons. The minimum absolute atomic E-state index is 0.160. The monoisotopic (exact) mass is 210 g/mol. The van der Waals surface area contributed by atoms with Crippen LogP contribution in [0.5, 0.6) is 0 Å². The second-order valence-electron chi connectivity index (χ2n) is 3.30. The Morgan fingerprint density at radius 1 is 1.67 bits per heavy atom. The summed E-state index contributed by atoms with van der Waals surface area (Å²) in [5, 5.41) is 0. The average Bonchev–Trinajstić information content (AvgIpc) is 2.27. The first-order valence-electron chi connectivity index (χ1n) is 4.68. The molecule has 1 aliphatic rings. The minimum Gasteiger partial charge on any atom is -0.466 e. The van der Waals surface area contributed by atoms with Crippen molar-refractivity contribution >= 4 is 11.9 Å². The van der Waals surface area contributed by atoms with E-state index in [0.717, 1.165) is 5.57 Å². The lowest BCUT2D eigenvalue weighted by Gasteiger charge is -2.25. The van der Waals surface area contributed by atoms with Crippen LogP contribution in [-0.4, -0.2) is 25.7 Å². The molecule has 1 fully saturated rings. The molecule has 0 N–H and O–H groups in total. The van der Waals surface area contributed by atoms with E-state index in [0.29, 0.717) is 5.57 Å². The van der Waals surface area contributed by atoms with Crippen LogP contribution in [0.3, 0.4) is 0 Å². The number of ether oxygens (including phenoxy) is 2. The Hall–Kier alpha value is -1.58. The number of methoxy groups -OCH3 is 1. The molecule has 1 heterocycles. The Morgan fingerprint density at radius 2 is 2.33 bits per heavy atom. The molecule has 0 amide bonds. The molecule has 82 valence electrons. The van der Waals surface area contributed by atoms with Crippen molar-refractivity contribution in [2.24, 2.45) is 5.92 Å². The van der Waals surface area contributed by atoms with E-state index in [9.17, 15) is 9.59 Å². The summed E-state index contributed by atoms with van der Waals surface area (Å²) in [6.07, 6.45) is 2.00. The largest absolute Gasteiger partial charge is 0.466 e. The maximum atomic E-state index is 11.3. The summed E-state index contributed by atoms with van der Waals surface area (Å²) in [5.74, 6) is -1.06. The fraction of sp³-hybridized carbons (Fsp3) is 0.455. The summed E-state index contributed by atoms with van der Waals surface area (Å²) in [6.45, 7) is 5.73. The highest BCUT2D eigenvalue weighted by atomic mass is 16.5. The fourth-order valence-electron chi connectivity index (χ4n) is 1.53. The molecule has 0 aromatic carbocycles. The molecule has 15 heavy (non-hydrogen) atoms. The van der Waals surface area contributed by atoms with Gasteiger partial charge in [-0.15, -0.1) is 0 Å². The summed E-state index contributed by atoms with van der Waals surface area (Å²) in [5.41, 5.74) is 1.20. The van der Waals surface area contributed by atoms with Crippen LogP contribution in [0.2, 0.25) is 0 Å². The van der Waals surface area contributed by atoms with Crippen LogP contribution in [0.15, 0.2) is 23.8 Å². The van der Waals surface area contributed by atoms with Gasteiger partial charge in [-0.25, -0.2) is 4.79 Å². The molecule has 1 aliphatic heterocycles. The number of allylic oxidation sites excluding steroid dienone is 1. The van der Waals surface area contributed by atoms with E-state index in [1.165, 1.54) is 7.11 Å². The SMILES string of the molecule is C=C(C(=O)OC)[C@@H]1CC(=O)OC/C1=C/C. The second-order valence-corrected chi connectivity index (χ2v) is 3.30. The van der Waals surface area contributed by atoms with Gasteiger partial charge in [-0.05, 0) is 12.5 Å². The molecule has 1 atom stereocenters. The smallest absolute Gasteiger partial charge is 0.333 e. The number of esters is 2. The third kappa shape index (κ3) is 2.46. The van der Waals surface area contributed by atoms with E-state index in [1.54, 1.807) is 0 Å². The van der Waals surface area contributed by atoms with Gasteiger partial charge in [0.25, 0.3) is 0 Å². The maximum absolute atomic E-state index is 11.3. The third-order valence-corrected chi connectivity index (χ3v) is 2.46. The summed E-state index contributed by atoms with van der Waals surface area (Å²) >= 11 is 0. The molecule has 0 aromatic heterocycles. The average molecular weight is 210 g/mol. The van der Waals surface area contributed by atoms with Gasteiger partial charge in [0, 0.05) is 11.5 Å². The highest BCUT2D eigenvalue weighted by Crippen LogP contribution is 2.28. The first kappa shape index (κ1) is 11.5. The second kappa shape index (κ2) is 4.77. The van der Waals surface area contributed by atoms with Crippen molar-refractivity contribution < 1.29 is 19.1 Å². The highest BCUT2D eigenvalue weighted by Gasteiger charge is 2.30. The van der Waals surface area contributed by atoms with Crippen molar-refractivity contribution in [2.75, 3.05) is 13.7 Å². The van der Waals surface area contributed by atoms with Gasteiger partial charge < -0.3 is 9.47 Å². The van der Waals surface area contributed by atoms with Crippen molar-refractivity contribution in [1.82, 2.24) is 0 Å². The van der Waals surface area contributed by atoms with Crippen LogP contribution in [0.4, 0.5) is 0 Å². The standard InChI is InChI=1S/C11H14O4/c1-4-8-6-15-10(12)5-9(8)7(2)11(13)14-3/h4,9H,2,5-6H2,1,3H3/b8-4-/t9-/m0/s1. The Morgan fingerprint density at radius 3 is 2.87 bits per heavy atom. The lowest BCUT2D eigenvalue weighted by atomic mass is 9.87. The van der Waals surface area contributed by atoms with Gasteiger partial charge in [0.1, 0.15) is 6.61 Å². The van der Waals surface area contributed by atoms with Crippen molar-refractivity contribution in [2.45, 2.75) is 13.3 Å². The van der Waals surface area contributed by atoms with Gasteiger partial charge in [0.15, 0.2) is 0 Å².